The molecular formula is C14H17FN2O3. The second kappa shape index (κ2) is 5.03. The van der Waals surface area contributed by atoms with Gasteiger partial charge in [0.05, 0.1) is 24.9 Å². The summed E-state index contributed by atoms with van der Waals surface area (Å²) in [4.78, 5) is 13.4. The number of carbonyl (C=O) groups excluding carboxylic acids is 1. The smallest absolute Gasteiger partial charge is 0.257 e. The quantitative estimate of drug-likeness (QED) is 0.860. The van der Waals surface area contributed by atoms with E-state index in [1.54, 1.807) is 6.07 Å². The number of amides is 1. The first-order chi connectivity index (χ1) is 9.61. The Balaban J connectivity index is 1.99. The van der Waals surface area contributed by atoms with Crippen LogP contribution in [0.15, 0.2) is 12.1 Å². The van der Waals surface area contributed by atoms with Crippen LogP contribution in [0.4, 0.5) is 15.8 Å². The normalized spacial score (nSPS) is 25.6. The maximum absolute atomic E-state index is 14.3. The number of nitrogens with zero attached hydrogens (tertiary/aromatic N) is 1. The molecule has 1 aromatic rings. The largest absolute Gasteiger partial charge is 0.378 e. The molecule has 2 N–H and O–H groups in total. The molecule has 2 atom stereocenters. The minimum Gasteiger partial charge on any atom is -0.378 e. The van der Waals surface area contributed by atoms with Gasteiger partial charge in [-0.3, -0.25) is 4.79 Å². The molecule has 3 rings (SSSR count). The summed E-state index contributed by atoms with van der Waals surface area (Å²) in [5, 5.41) is 12.2. The molecule has 2 heterocycles. The number of morpholine rings is 1. The van der Waals surface area contributed by atoms with Gasteiger partial charge < -0.3 is 20.1 Å². The Morgan fingerprint density at radius 3 is 3.10 bits per heavy atom. The number of halogens is 1. The summed E-state index contributed by atoms with van der Waals surface area (Å²) in [5.41, 5.74) is 1.24. The highest BCUT2D eigenvalue weighted by atomic mass is 19.1. The van der Waals surface area contributed by atoms with Crippen LogP contribution in [-0.2, 0) is 9.53 Å². The SMILES string of the molecule is CCC1COCCN1c1cc2c(cc1F)C(O)C(=O)N2. The highest BCUT2D eigenvalue weighted by Crippen LogP contribution is 2.37. The average molecular weight is 280 g/mol. The van der Waals surface area contributed by atoms with Gasteiger partial charge in [-0.05, 0) is 18.6 Å². The summed E-state index contributed by atoms with van der Waals surface area (Å²) in [6.07, 6.45) is -0.425. The third-order valence-corrected chi connectivity index (χ3v) is 3.93. The van der Waals surface area contributed by atoms with Crippen LogP contribution >= 0.6 is 0 Å². The van der Waals surface area contributed by atoms with Crippen LogP contribution in [0.2, 0.25) is 0 Å². The van der Waals surface area contributed by atoms with Crippen molar-refractivity contribution in [2.24, 2.45) is 0 Å². The molecule has 1 fully saturated rings. The van der Waals surface area contributed by atoms with E-state index >= 15 is 0 Å². The number of benzene rings is 1. The standard InChI is InChI=1S/C14H17FN2O3/c1-2-8-7-20-4-3-17(8)12-6-11-9(5-10(12)15)13(18)14(19)16-11/h5-6,8,13,18H,2-4,7H2,1H3,(H,16,19). The molecule has 0 spiro atoms. The van der Waals surface area contributed by atoms with Crippen molar-refractivity contribution in [2.75, 3.05) is 30.0 Å². The first-order valence-corrected chi connectivity index (χ1v) is 6.78. The fourth-order valence-corrected chi connectivity index (χ4v) is 2.78. The Labute approximate surface area is 116 Å². The number of nitrogens with one attached hydrogen (secondary N) is 1. The molecule has 0 bridgehead atoms. The third kappa shape index (κ3) is 2.05. The van der Waals surface area contributed by atoms with Crippen molar-refractivity contribution in [1.29, 1.82) is 0 Å². The molecule has 0 radical (unpaired) electrons. The van der Waals surface area contributed by atoms with Crippen LogP contribution in [-0.4, -0.2) is 36.8 Å². The predicted octanol–water partition coefficient (Wildman–Crippen LogP) is 1.43. The monoisotopic (exact) mass is 280 g/mol. The van der Waals surface area contributed by atoms with Gasteiger partial charge in [0.15, 0.2) is 6.10 Å². The van der Waals surface area contributed by atoms with Gasteiger partial charge in [0.25, 0.3) is 5.91 Å². The Kier molecular flexibility index (Phi) is 3.35. The Hall–Kier alpha value is -1.66. The molecule has 0 saturated carbocycles. The van der Waals surface area contributed by atoms with Crippen molar-refractivity contribution in [3.8, 4) is 0 Å². The van der Waals surface area contributed by atoms with E-state index in [2.05, 4.69) is 5.32 Å². The molecule has 1 saturated heterocycles. The zero-order valence-corrected chi connectivity index (χ0v) is 11.2. The molecule has 2 aliphatic rings. The highest BCUT2D eigenvalue weighted by molar-refractivity contribution is 6.02. The summed E-state index contributed by atoms with van der Waals surface area (Å²) in [6, 6.07) is 2.97. The van der Waals surface area contributed by atoms with Gasteiger partial charge in [0, 0.05) is 17.8 Å². The summed E-state index contributed by atoms with van der Waals surface area (Å²) >= 11 is 0. The number of ether oxygens (including phenoxy) is 1. The van der Waals surface area contributed by atoms with Gasteiger partial charge in [-0.25, -0.2) is 4.39 Å². The Morgan fingerprint density at radius 1 is 1.55 bits per heavy atom. The van der Waals surface area contributed by atoms with Crippen molar-refractivity contribution in [3.05, 3.63) is 23.5 Å². The maximum Gasteiger partial charge on any atom is 0.257 e. The van der Waals surface area contributed by atoms with Crippen molar-refractivity contribution < 1.29 is 19.0 Å². The van der Waals surface area contributed by atoms with Crippen molar-refractivity contribution in [1.82, 2.24) is 0 Å². The highest BCUT2D eigenvalue weighted by Gasteiger charge is 2.32. The number of fused-ring (bicyclic) bond motifs is 1. The summed E-state index contributed by atoms with van der Waals surface area (Å²) in [5.74, 6) is -0.926. The number of hydrogen-bond donors (Lipinski definition) is 2. The number of aliphatic hydroxyl groups excluding tert-OH is 1. The van der Waals surface area contributed by atoms with Crippen molar-refractivity contribution in [3.63, 3.8) is 0 Å². The minimum atomic E-state index is -1.28. The Morgan fingerprint density at radius 2 is 2.35 bits per heavy atom. The van der Waals surface area contributed by atoms with Gasteiger partial charge in [-0.15, -0.1) is 0 Å². The van der Waals surface area contributed by atoms with E-state index in [0.717, 1.165) is 6.42 Å². The van der Waals surface area contributed by atoms with Crippen LogP contribution in [0.5, 0.6) is 0 Å². The number of hydrogen-bond acceptors (Lipinski definition) is 4. The fourth-order valence-electron chi connectivity index (χ4n) is 2.78. The lowest BCUT2D eigenvalue weighted by Gasteiger charge is -2.37. The van der Waals surface area contributed by atoms with Crippen molar-refractivity contribution >= 4 is 17.3 Å². The minimum absolute atomic E-state index is 0.123. The van der Waals surface area contributed by atoms with Crippen molar-refractivity contribution in [2.45, 2.75) is 25.5 Å². The number of anilines is 2. The zero-order chi connectivity index (χ0) is 14.3. The lowest BCUT2D eigenvalue weighted by molar-refractivity contribution is -0.123. The van der Waals surface area contributed by atoms with E-state index in [9.17, 15) is 14.3 Å². The molecule has 6 heteroatoms. The summed E-state index contributed by atoms with van der Waals surface area (Å²) in [6.45, 7) is 3.78. The van der Waals surface area contributed by atoms with E-state index < -0.39 is 17.8 Å². The molecular weight excluding hydrogens is 263 g/mol. The number of aliphatic hydroxyl groups is 1. The van der Waals surface area contributed by atoms with Gasteiger partial charge in [-0.1, -0.05) is 6.92 Å². The van der Waals surface area contributed by atoms with E-state index in [1.165, 1.54) is 6.07 Å². The van der Waals surface area contributed by atoms with E-state index in [-0.39, 0.29) is 6.04 Å². The molecule has 1 aromatic carbocycles. The van der Waals surface area contributed by atoms with E-state index in [0.29, 0.717) is 36.7 Å². The molecule has 20 heavy (non-hydrogen) atoms. The molecule has 2 aliphatic heterocycles. The number of carbonyl (C=O) groups is 1. The third-order valence-electron chi connectivity index (χ3n) is 3.93. The first-order valence-electron chi connectivity index (χ1n) is 6.78. The van der Waals surface area contributed by atoms with Crippen LogP contribution in [0.25, 0.3) is 0 Å². The topological polar surface area (TPSA) is 61.8 Å². The van der Waals surface area contributed by atoms with Crippen LogP contribution in [0.1, 0.15) is 25.0 Å². The van der Waals surface area contributed by atoms with Crippen LogP contribution in [0.3, 0.4) is 0 Å². The Bertz CT molecular complexity index is 549. The number of rotatable bonds is 2. The molecule has 5 nitrogen and oxygen atoms in total. The average Bonchev–Trinajstić information content (AvgIpc) is 2.73. The van der Waals surface area contributed by atoms with Crippen LogP contribution in [0, 0.1) is 5.82 Å². The van der Waals surface area contributed by atoms with Gasteiger partial charge in [0.1, 0.15) is 5.82 Å². The lowest BCUT2D eigenvalue weighted by atomic mass is 10.1. The summed E-state index contributed by atoms with van der Waals surface area (Å²) < 4.78 is 19.7. The summed E-state index contributed by atoms with van der Waals surface area (Å²) in [7, 11) is 0. The van der Waals surface area contributed by atoms with Gasteiger partial charge in [0.2, 0.25) is 0 Å². The van der Waals surface area contributed by atoms with E-state index in [1.807, 2.05) is 11.8 Å². The molecule has 2 unspecified atom stereocenters. The molecule has 1 amide bonds. The molecule has 0 aliphatic carbocycles. The zero-order valence-electron chi connectivity index (χ0n) is 11.2. The second-order valence-corrected chi connectivity index (χ2v) is 5.11. The maximum atomic E-state index is 14.3. The second-order valence-electron chi connectivity index (χ2n) is 5.11. The molecule has 108 valence electrons. The van der Waals surface area contributed by atoms with Gasteiger partial charge in [-0.2, -0.15) is 0 Å². The molecule has 0 aromatic heterocycles. The van der Waals surface area contributed by atoms with Crippen LogP contribution < -0.4 is 10.2 Å². The predicted molar refractivity (Wildman–Crippen MR) is 72.2 cm³/mol. The van der Waals surface area contributed by atoms with Gasteiger partial charge >= 0.3 is 0 Å². The lowest BCUT2D eigenvalue weighted by Crippen LogP contribution is -2.45. The fraction of sp³-hybridized carbons (Fsp3) is 0.500. The van der Waals surface area contributed by atoms with E-state index in [4.69, 9.17) is 4.74 Å². The first kappa shape index (κ1) is 13.3.